The SMILES string of the molecule is CC(C)NCCCOc1nc(C2CC2)ns1. The second-order valence-corrected chi connectivity index (χ2v) is 5.22. The zero-order chi connectivity index (χ0) is 11.4. The third-order valence-electron chi connectivity index (χ3n) is 2.46. The lowest BCUT2D eigenvalue weighted by atomic mass is 10.3. The first-order valence-electron chi connectivity index (χ1n) is 5.95. The van der Waals surface area contributed by atoms with E-state index in [0.29, 0.717) is 12.0 Å². The number of ether oxygens (including phenoxy) is 1. The van der Waals surface area contributed by atoms with Gasteiger partial charge in [-0.3, -0.25) is 0 Å². The highest BCUT2D eigenvalue weighted by molar-refractivity contribution is 7.07. The molecule has 5 heteroatoms. The minimum absolute atomic E-state index is 0.544. The van der Waals surface area contributed by atoms with Crippen molar-refractivity contribution in [2.24, 2.45) is 0 Å². The average Bonchev–Trinajstić information content (AvgIpc) is 2.99. The van der Waals surface area contributed by atoms with Crippen molar-refractivity contribution in [1.29, 1.82) is 0 Å². The topological polar surface area (TPSA) is 47.0 Å². The molecule has 0 unspecified atom stereocenters. The van der Waals surface area contributed by atoms with Gasteiger partial charge in [-0.2, -0.15) is 9.36 Å². The maximum Gasteiger partial charge on any atom is 0.293 e. The molecule has 1 heterocycles. The van der Waals surface area contributed by atoms with Gasteiger partial charge in [0.05, 0.1) is 6.61 Å². The summed E-state index contributed by atoms with van der Waals surface area (Å²) in [4.78, 5) is 4.37. The van der Waals surface area contributed by atoms with E-state index >= 15 is 0 Å². The van der Waals surface area contributed by atoms with Gasteiger partial charge in [-0.25, -0.2) is 0 Å². The van der Waals surface area contributed by atoms with Crippen molar-refractivity contribution in [2.75, 3.05) is 13.2 Å². The largest absolute Gasteiger partial charge is 0.469 e. The number of hydrogen-bond donors (Lipinski definition) is 1. The van der Waals surface area contributed by atoms with E-state index in [1.54, 1.807) is 0 Å². The van der Waals surface area contributed by atoms with E-state index in [1.165, 1.54) is 24.4 Å². The van der Waals surface area contributed by atoms with Crippen LogP contribution in [0.1, 0.15) is 44.9 Å². The molecule has 1 aromatic rings. The van der Waals surface area contributed by atoms with Crippen molar-refractivity contribution in [3.63, 3.8) is 0 Å². The predicted molar refractivity (Wildman–Crippen MR) is 65.1 cm³/mol. The fourth-order valence-corrected chi connectivity index (χ4v) is 2.04. The van der Waals surface area contributed by atoms with E-state index in [-0.39, 0.29) is 0 Å². The van der Waals surface area contributed by atoms with Gasteiger partial charge in [-0.15, -0.1) is 0 Å². The summed E-state index contributed by atoms with van der Waals surface area (Å²) in [5.74, 6) is 1.61. The van der Waals surface area contributed by atoms with Crippen molar-refractivity contribution in [3.8, 4) is 5.19 Å². The molecule has 1 saturated carbocycles. The highest BCUT2D eigenvalue weighted by atomic mass is 32.1. The molecular weight excluding hydrogens is 222 g/mol. The van der Waals surface area contributed by atoms with E-state index in [1.807, 2.05) is 0 Å². The van der Waals surface area contributed by atoms with E-state index in [9.17, 15) is 0 Å². The fourth-order valence-electron chi connectivity index (χ4n) is 1.41. The molecule has 1 N–H and O–H groups in total. The molecule has 0 atom stereocenters. The summed E-state index contributed by atoms with van der Waals surface area (Å²) in [7, 11) is 0. The molecule has 0 saturated heterocycles. The first-order valence-corrected chi connectivity index (χ1v) is 6.73. The van der Waals surface area contributed by atoms with Crippen LogP contribution in [0.15, 0.2) is 0 Å². The summed E-state index contributed by atoms with van der Waals surface area (Å²) in [5.41, 5.74) is 0. The quantitative estimate of drug-likeness (QED) is 0.743. The van der Waals surface area contributed by atoms with Crippen LogP contribution in [-0.4, -0.2) is 28.6 Å². The molecule has 1 aliphatic rings. The van der Waals surface area contributed by atoms with Gasteiger partial charge >= 0.3 is 0 Å². The second-order valence-electron chi connectivity index (χ2n) is 4.50. The molecule has 0 radical (unpaired) electrons. The lowest BCUT2D eigenvalue weighted by Crippen LogP contribution is -2.24. The van der Waals surface area contributed by atoms with Crippen LogP contribution in [0, 0.1) is 0 Å². The summed E-state index contributed by atoms with van der Waals surface area (Å²) in [6, 6.07) is 0.544. The Balaban J connectivity index is 1.61. The van der Waals surface area contributed by atoms with Crippen LogP contribution in [0.2, 0.25) is 0 Å². The van der Waals surface area contributed by atoms with Gasteiger partial charge in [0.25, 0.3) is 5.19 Å². The van der Waals surface area contributed by atoms with Gasteiger partial charge in [-0.1, -0.05) is 13.8 Å². The molecule has 0 amide bonds. The summed E-state index contributed by atoms with van der Waals surface area (Å²) in [6.45, 7) is 6.01. The Morgan fingerprint density at radius 1 is 1.50 bits per heavy atom. The normalized spacial score (nSPS) is 15.7. The van der Waals surface area contributed by atoms with E-state index in [0.717, 1.165) is 30.6 Å². The summed E-state index contributed by atoms with van der Waals surface area (Å²) < 4.78 is 9.85. The minimum Gasteiger partial charge on any atom is -0.469 e. The van der Waals surface area contributed by atoms with Crippen LogP contribution in [0.5, 0.6) is 5.19 Å². The number of hydrogen-bond acceptors (Lipinski definition) is 5. The highest BCUT2D eigenvalue weighted by Gasteiger charge is 2.28. The van der Waals surface area contributed by atoms with Crippen molar-refractivity contribution in [2.45, 2.75) is 45.1 Å². The van der Waals surface area contributed by atoms with Crippen LogP contribution in [0.25, 0.3) is 0 Å². The molecule has 0 spiro atoms. The fraction of sp³-hybridized carbons (Fsp3) is 0.818. The smallest absolute Gasteiger partial charge is 0.293 e. The van der Waals surface area contributed by atoms with E-state index in [4.69, 9.17) is 4.74 Å². The third kappa shape index (κ3) is 3.72. The van der Waals surface area contributed by atoms with Gasteiger partial charge in [0.1, 0.15) is 5.82 Å². The lowest BCUT2D eigenvalue weighted by Gasteiger charge is -2.07. The summed E-state index contributed by atoms with van der Waals surface area (Å²) >= 11 is 1.38. The standard InChI is InChI=1S/C11H19N3OS/c1-8(2)12-6-3-7-15-11-13-10(14-16-11)9-4-5-9/h8-9,12H,3-7H2,1-2H3. The van der Waals surface area contributed by atoms with E-state index in [2.05, 4.69) is 28.5 Å². The minimum atomic E-state index is 0.544. The molecule has 0 bridgehead atoms. The molecule has 16 heavy (non-hydrogen) atoms. The Hall–Kier alpha value is -0.680. The van der Waals surface area contributed by atoms with Gasteiger partial charge in [0.15, 0.2) is 0 Å². The Kier molecular flexibility index (Phi) is 4.12. The maximum absolute atomic E-state index is 5.55. The van der Waals surface area contributed by atoms with Crippen molar-refractivity contribution in [1.82, 2.24) is 14.7 Å². The molecule has 1 aliphatic carbocycles. The molecule has 0 aromatic carbocycles. The van der Waals surface area contributed by atoms with Crippen LogP contribution in [-0.2, 0) is 0 Å². The molecule has 1 aromatic heterocycles. The first-order chi connectivity index (χ1) is 7.75. The maximum atomic E-state index is 5.55. The van der Waals surface area contributed by atoms with Crippen LogP contribution in [0.4, 0.5) is 0 Å². The first kappa shape index (κ1) is 11.8. The molecule has 4 nitrogen and oxygen atoms in total. The number of nitrogens with one attached hydrogen (secondary N) is 1. The zero-order valence-corrected chi connectivity index (χ0v) is 10.7. The van der Waals surface area contributed by atoms with E-state index < -0.39 is 0 Å². The third-order valence-corrected chi connectivity index (χ3v) is 3.11. The summed E-state index contributed by atoms with van der Waals surface area (Å²) in [6.07, 6.45) is 3.50. The van der Waals surface area contributed by atoms with Gasteiger partial charge in [-0.05, 0) is 25.8 Å². The number of nitrogens with zero attached hydrogens (tertiary/aromatic N) is 2. The van der Waals surface area contributed by atoms with Gasteiger partial charge in [0, 0.05) is 23.5 Å². The Bertz CT molecular complexity index is 323. The van der Waals surface area contributed by atoms with Crippen molar-refractivity contribution in [3.05, 3.63) is 5.82 Å². The van der Waals surface area contributed by atoms with Crippen LogP contribution in [0.3, 0.4) is 0 Å². The zero-order valence-electron chi connectivity index (χ0n) is 9.90. The van der Waals surface area contributed by atoms with Crippen LogP contribution >= 0.6 is 11.5 Å². The second kappa shape index (κ2) is 5.59. The Morgan fingerprint density at radius 3 is 3.00 bits per heavy atom. The highest BCUT2D eigenvalue weighted by Crippen LogP contribution is 2.39. The number of aromatic nitrogens is 2. The molecule has 90 valence electrons. The van der Waals surface area contributed by atoms with Crippen LogP contribution < -0.4 is 10.1 Å². The average molecular weight is 241 g/mol. The van der Waals surface area contributed by atoms with Gasteiger partial charge < -0.3 is 10.1 Å². The Labute approximate surface area is 101 Å². The predicted octanol–water partition coefficient (Wildman–Crippen LogP) is 2.18. The van der Waals surface area contributed by atoms with Crippen molar-refractivity contribution >= 4 is 11.5 Å². The molecule has 2 rings (SSSR count). The molecule has 1 fully saturated rings. The summed E-state index contributed by atoms with van der Waals surface area (Å²) in [5, 5.41) is 4.08. The molecular formula is C11H19N3OS. The monoisotopic (exact) mass is 241 g/mol. The lowest BCUT2D eigenvalue weighted by molar-refractivity contribution is 0.304. The Morgan fingerprint density at radius 2 is 2.31 bits per heavy atom. The molecule has 0 aliphatic heterocycles. The van der Waals surface area contributed by atoms with Gasteiger partial charge in [0.2, 0.25) is 0 Å². The van der Waals surface area contributed by atoms with Crippen molar-refractivity contribution < 1.29 is 4.74 Å². The number of rotatable bonds is 7.